The zero-order valence-corrected chi connectivity index (χ0v) is 19.7. The van der Waals surface area contributed by atoms with Gasteiger partial charge in [0.05, 0.1) is 0 Å². The van der Waals surface area contributed by atoms with Crippen molar-refractivity contribution in [3.63, 3.8) is 0 Å². The van der Waals surface area contributed by atoms with E-state index in [0.717, 1.165) is 36.0 Å². The number of hydrogen-bond acceptors (Lipinski definition) is 0. The minimum Gasteiger partial charge on any atom is -0.0845 e. The summed E-state index contributed by atoms with van der Waals surface area (Å²) in [5.74, 6) is 4.60. The van der Waals surface area contributed by atoms with Crippen LogP contribution in [0.4, 0.5) is 0 Å². The standard InChI is InChI=1S/C28H46/c1-20(2)10-9-11-21(3)27(5)18-16-25-23-14-13-22-12-7-8-17-26(22,4)24(23)15-19-28(25,27)6/h13,20-21,23-25H,8-12,14-19H2,1-6H3/t21-,23-,24+,25+,26+,27-,28+/m1/s1. The van der Waals surface area contributed by atoms with Crippen molar-refractivity contribution in [3.05, 3.63) is 18.1 Å². The van der Waals surface area contributed by atoms with Crippen molar-refractivity contribution in [2.45, 2.75) is 112 Å². The minimum atomic E-state index is 0.497. The van der Waals surface area contributed by atoms with Gasteiger partial charge in [0.25, 0.3) is 0 Å². The van der Waals surface area contributed by atoms with Crippen LogP contribution in [0.5, 0.6) is 0 Å². The molecule has 0 nitrogen and oxygen atoms in total. The molecule has 0 aromatic heterocycles. The predicted octanol–water partition coefficient (Wildman–Crippen LogP) is 8.50. The first-order chi connectivity index (χ1) is 13.2. The van der Waals surface area contributed by atoms with E-state index in [1.54, 1.807) is 5.57 Å². The summed E-state index contributed by atoms with van der Waals surface area (Å²) in [6.07, 6.45) is 21.7. The third-order valence-corrected chi connectivity index (χ3v) is 10.9. The molecule has 158 valence electrons. The van der Waals surface area contributed by atoms with Gasteiger partial charge in [-0.1, -0.05) is 72.5 Å². The fraction of sp³-hybridized carbons (Fsp3) is 0.893. The van der Waals surface area contributed by atoms with E-state index in [1.165, 1.54) is 64.2 Å². The summed E-state index contributed by atoms with van der Waals surface area (Å²) in [4.78, 5) is 0. The number of allylic oxidation sites excluding steroid dienone is 2. The Morgan fingerprint density at radius 3 is 2.50 bits per heavy atom. The third kappa shape index (κ3) is 3.06. The van der Waals surface area contributed by atoms with Gasteiger partial charge in [0.2, 0.25) is 0 Å². The first kappa shape index (κ1) is 21.0. The lowest BCUT2D eigenvalue weighted by Gasteiger charge is -2.60. The quantitative estimate of drug-likeness (QED) is 0.418. The van der Waals surface area contributed by atoms with Crippen molar-refractivity contribution < 1.29 is 0 Å². The highest BCUT2D eigenvalue weighted by atomic mass is 14.7. The van der Waals surface area contributed by atoms with E-state index in [9.17, 15) is 0 Å². The summed E-state index contributed by atoms with van der Waals surface area (Å²) in [6, 6.07) is 0. The first-order valence-corrected chi connectivity index (χ1v) is 12.6. The van der Waals surface area contributed by atoms with Crippen LogP contribution in [0.15, 0.2) is 11.6 Å². The SMILES string of the molecule is CC(C)CCC[C@@H](C)[C@@]1(C)CC[C@H]2[C@@H]3CC=C4C[C]CC[C@]4(C)[C@H]3CC[C@@]21C. The summed E-state index contributed by atoms with van der Waals surface area (Å²) in [7, 11) is 0. The molecule has 4 rings (SSSR count). The molecule has 4 aliphatic rings. The van der Waals surface area contributed by atoms with Gasteiger partial charge in [-0.25, -0.2) is 0 Å². The maximum Gasteiger partial charge on any atom is -0.00849 e. The van der Waals surface area contributed by atoms with Gasteiger partial charge in [-0.05, 0) is 104 Å². The van der Waals surface area contributed by atoms with Crippen LogP contribution >= 0.6 is 0 Å². The molecule has 28 heavy (non-hydrogen) atoms. The van der Waals surface area contributed by atoms with Crippen LogP contribution < -0.4 is 0 Å². The van der Waals surface area contributed by atoms with Crippen LogP contribution in [0, 0.1) is 52.3 Å². The van der Waals surface area contributed by atoms with Crippen molar-refractivity contribution in [1.82, 2.24) is 0 Å². The van der Waals surface area contributed by atoms with Crippen LogP contribution in [0.25, 0.3) is 0 Å². The van der Waals surface area contributed by atoms with Gasteiger partial charge >= 0.3 is 0 Å². The van der Waals surface area contributed by atoms with E-state index in [2.05, 4.69) is 54.0 Å². The number of fused-ring (bicyclic) bond motifs is 5. The Kier molecular flexibility index (Phi) is 5.59. The van der Waals surface area contributed by atoms with Gasteiger partial charge in [0, 0.05) is 0 Å². The fourth-order valence-electron chi connectivity index (χ4n) is 8.61. The molecule has 0 aliphatic heterocycles. The lowest BCUT2D eigenvalue weighted by atomic mass is 9.45. The largest absolute Gasteiger partial charge is 0.0845 e. The fourth-order valence-corrected chi connectivity index (χ4v) is 8.61. The van der Waals surface area contributed by atoms with Gasteiger partial charge in [0.1, 0.15) is 0 Å². The molecule has 0 heteroatoms. The second-order valence-electron chi connectivity index (χ2n) is 12.3. The molecule has 3 saturated carbocycles. The maximum atomic E-state index is 3.65. The van der Waals surface area contributed by atoms with Crippen molar-refractivity contribution in [3.8, 4) is 0 Å². The molecule has 3 fully saturated rings. The van der Waals surface area contributed by atoms with Crippen molar-refractivity contribution in [2.75, 3.05) is 0 Å². The Bertz CT molecular complexity index is 599. The van der Waals surface area contributed by atoms with Crippen molar-refractivity contribution in [2.24, 2.45) is 45.8 Å². The van der Waals surface area contributed by atoms with E-state index in [1.807, 2.05) is 0 Å². The molecular weight excluding hydrogens is 336 g/mol. The first-order valence-electron chi connectivity index (χ1n) is 12.6. The van der Waals surface area contributed by atoms with Crippen LogP contribution in [0.3, 0.4) is 0 Å². The van der Waals surface area contributed by atoms with E-state index < -0.39 is 0 Å². The van der Waals surface area contributed by atoms with Crippen molar-refractivity contribution in [1.29, 1.82) is 0 Å². The van der Waals surface area contributed by atoms with E-state index in [4.69, 9.17) is 0 Å². The molecule has 2 radical (unpaired) electrons. The highest BCUT2D eigenvalue weighted by Gasteiger charge is 2.62. The summed E-state index contributed by atoms with van der Waals surface area (Å²) in [6.45, 7) is 15.4. The van der Waals surface area contributed by atoms with Crippen LogP contribution in [-0.4, -0.2) is 0 Å². The summed E-state index contributed by atoms with van der Waals surface area (Å²) >= 11 is 0. The lowest BCUT2D eigenvalue weighted by Crippen LogP contribution is -2.52. The Hall–Kier alpha value is -0.260. The minimum absolute atomic E-state index is 0.497. The molecule has 4 aliphatic carbocycles. The van der Waals surface area contributed by atoms with Crippen LogP contribution in [0.1, 0.15) is 112 Å². The Morgan fingerprint density at radius 1 is 1.00 bits per heavy atom. The Morgan fingerprint density at radius 2 is 1.75 bits per heavy atom. The molecule has 0 aromatic carbocycles. The number of hydrogen-bond donors (Lipinski definition) is 0. The average Bonchev–Trinajstić information content (AvgIpc) is 2.93. The molecule has 0 amide bonds. The van der Waals surface area contributed by atoms with Crippen molar-refractivity contribution >= 4 is 0 Å². The molecule has 0 saturated heterocycles. The van der Waals surface area contributed by atoms with Gasteiger partial charge in [-0.2, -0.15) is 0 Å². The molecule has 0 heterocycles. The third-order valence-electron chi connectivity index (χ3n) is 10.9. The summed E-state index contributed by atoms with van der Waals surface area (Å²) in [5.41, 5.74) is 3.38. The van der Waals surface area contributed by atoms with Gasteiger partial charge in [-0.15, -0.1) is 0 Å². The number of rotatable bonds is 5. The molecular formula is C28H46. The van der Waals surface area contributed by atoms with E-state index >= 15 is 0 Å². The molecule has 0 N–H and O–H groups in total. The normalized spacial score (nSPS) is 46.5. The predicted molar refractivity (Wildman–Crippen MR) is 121 cm³/mol. The second kappa shape index (κ2) is 7.46. The van der Waals surface area contributed by atoms with E-state index in [0.29, 0.717) is 16.2 Å². The average molecular weight is 383 g/mol. The topological polar surface area (TPSA) is 0 Å². The zero-order valence-electron chi connectivity index (χ0n) is 19.7. The molecule has 0 bridgehead atoms. The lowest BCUT2D eigenvalue weighted by molar-refractivity contribution is -0.0841. The molecule has 7 atom stereocenters. The van der Waals surface area contributed by atoms with Gasteiger partial charge < -0.3 is 0 Å². The van der Waals surface area contributed by atoms with Gasteiger partial charge in [-0.3, -0.25) is 0 Å². The highest BCUT2D eigenvalue weighted by Crippen LogP contribution is 2.71. The highest BCUT2D eigenvalue weighted by molar-refractivity contribution is 5.26. The molecule has 0 spiro atoms. The molecule has 0 aromatic rings. The Balaban J connectivity index is 1.54. The monoisotopic (exact) mass is 382 g/mol. The second-order valence-corrected chi connectivity index (χ2v) is 12.3. The van der Waals surface area contributed by atoms with Crippen LogP contribution in [0.2, 0.25) is 0 Å². The smallest absolute Gasteiger partial charge is 0.00849 e. The van der Waals surface area contributed by atoms with Crippen LogP contribution in [-0.2, 0) is 0 Å². The zero-order chi connectivity index (χ0) is 20.2. The maximum absolute atomic E-state index is 3.65. The van der Waals surface area contributed by atoms with Gasteiger partial charge in [0.15, 0.2) is 0 Å². The summed E-state index contributed by atoms with van der Waals surface area (Å²) in [5, 5.41) is 0. The summed E-state index contributed by atoms with van der Waals surface area (Å²) < 4.78 is 0. The van der Waals surface area contributed by atoms with E-state index in [-0.39, 0.29) is 0 Å². The Labute approximate surface area is 176 Å². The molecule has 0 unspecified atom stereocenters.